The summed E-state index contributed by atoms with van der Waals surface area (Å²) < 4.78 is 13.4. The van der Waals surface area contributed by atoms with Crippen LogP contribution in [0.25, 0.3) is 0 Å². The molecule has 22 heavy (non-hydrogen) atoms. The number of halogens is 1. The monoisotopic (exact) mass is 307 g/mol. The molecule has 0 unspecified atom stereocenters. The fraction of sp³-hybridized carbons (Fsp3) is 0.625. The fourth-order valence-electron chi connectivity index (χ4n) is 3.93. The van der Waals surface area contributed by atoms with Crippen LogP contribution in [-0.4, -0.2) is 46.9 Å². The summed E-state index contributed by atoms with van der Waals surface area (Å²) in [5.41, 5.74) is 0.810. The molecule has 0 amide bonds. The van der Waals surface area contributed by atoms with Crippen molar-refractivity contribution in [3.63, 3.8) is 0 Å². The van der Waals surface area contributed by atoms with Crippen LogP contribution < -0.4 is 0 Å². The number of nitrogens with zero attached hydrogens (tertiary/aromatic N) is 3. The third kappa shape index (κ3) is 2.85. The third-order valence-electron chi connectivity index (χ3n) is 5.36. The Labute approximate surface area is 129 Å². The molecule has 0 atom stereocenters. The maximum atomic E-state index is 13.4. The van der Waals surface area contributed by atoms with Gasteiger partial charge in [-0.3, -0.25) is 15.0 Å². The standard InChI is InChI=1S/C16H22FN3O2/c1-18-8-2-5-16(18)6-9-19(10-7-16)12-13-11-14(17)3-4-15(13)20(21)22/h3-4,11H,2,5-10,12H2,1H3. The van der Waals surface area contributed by atoms with Gasteiger partial charge in [0.25, 0.3) is 5.69 Å². The Morgan fingerprint density at radius 3 is 2.59 bits per heavy atom. The van der Waals surface area contributed by atoms with E-state index in [-0.39, 0.29) is 5.69 Å². The van der Waals surface area contributed by atoms with Crippen molar-refractivity contribution in [2.24, 2.45) is 0 Å². The minimum Gasteiger partial charge on any atom is -0.301 e. The molecule has 2 aliphatic heterocycles. The SMILES string of the molecule is CN1CCCC12CCN(Cc1cc(F)ccc1[N+](=O)[O-])CC2. The second kappa shape index (κ2) is 5.93. The molecule has 0 bridgehead atoms. The van der Waals surface area contributed by atoms with Crippen molar-refractivity contribution in [1.82, 2.24) is 9.80 Å². The smallest absolute Gasteiger partial charge is 0.274 e. The van der Waals surface area contributed by atoms with Gasteiger partial charge >= 0.3 is 0 Å². The number of nitro groups is 1. The van der Waals surface area contributed by atoms with Crippen molar-refractivity contribution in [3.05, 3.63) is 39.7 Å². The van der Waals surface area contributed by atoms with E-state index in [1.54, 1.807) is 0 Å². The number of benzene rings is 1. The van der Waals surface area contributed by atoms with Gasteiger partial charge in [-0.2, -0.15) is 0 Å². The Kier molecular flexibility index (Phi) is 4.14. The van der Waals surface area contributed by atoms with Crippen LogP contribution in [0.4, 0.5) is 10.1 Å². The molecule has 2 fully saturated rings. The molecule has 1 aromatic rings. The van der Waals surface area contributed by atoms with E-state index in [4.69, 9.17) is 0 Å². The molecule has 1 aromatic carbocycles. The van der Waals surface area contributed by atoms with Gasteiger partial charge in [0, 0.05) is 36.8 Å². The molecule has 5 nitrogen and oxygen atoms in total. The first-order valence-electron chi connectivity index (χ1n) is 7.87. The van der Waals surface area contributed by atoms with Crippen LogP contribution in [0, 0.1) is 15.9 Å². The number of hydrogen-bond donors (Lipinski definition) is 0. The molecular weight excluding hydrogens is 285 g/mol. The largest absolute Gasteiger partial charge is 0.301 e. The highest BCUT2D eigenvalue weighted by Crippen LogP contribution is 2.37. The second-order valence-corrected chi connectivity index (χ2v) is 6.56. The van der Waals surface area contributed by atoms with E-state index < -0.39 is 10.7 Å². The molecule has 0 N–H and O–H groups in total. The lowest BCUT2D eigenvalue weighted by Crippen LogP contribution is -2.50. The minimum absolute atomic E-state index is 0.0136. The zero-order valence-electron chi connectivity index (χ0n) is 12.9. The van der Waals surface area contributed by atoms with Crippen molar-refractivity contribution < 1.29 is 9.31 Å². The van der Waals surface area contributed by atoms with E-state index in [1.807, 2.05) is 0 Å². The molecule has 3 rings (SSSR count). The van der Waals surface area contributed by atoms with Crippen molar-refractivity contribution in [2.45, 2.75) is 37.8 Å². The van der Waals surface area contributed by atoms with Gasteiger partial charge in [-0.05, 0) is 51.4 Å². The number of rotatable bonds is 3. The van der Waals surface area contributed by atoms with Crippen molar-refractivity contribution in [3.8, 4) is 0 Å². The maximum absolute atomic E-state index is 13.4. The van der Waals surface area contributed by atoms with Gasteiger partial charge in [0.1, 0.15) is 5.82 Å². The van der Waals surface area contributed by atoms with Crippen LogP contribution >= 0.6 is 0 Å². The van der Waals surface area contributed by atoms with Gasteiger partial charge < -0.3 is 4.90 Å². The van der Waals surface area contributed by atoms with Gasteiger partial charge in [0.15, 0.2) is 0 Å². The number of nitro benzene ring substituents is 1. The maximum Gasteiger partial charge on any atom is 0.274 e. The Bertz CT molecular complexity index is 571. The van der Waals surface area contributed by atoms with Crippen LogP contribution in [0.15, 0.2) is 18.2 Å². The normalized spacial score (nSPS) is 22.3. The van der Waals surface area contributed by atoms with Crippen LogP contribution in [-0.2, 0) is 6.54 Å². The lowest BCUT2D eigenvalue weighted by Gasteiger charge is -2.43. The molecule has 1 spiro atoms. The van der Waals surface area contributed by atoms with Gasteiger partial charge in [-0.1, -0.05) is 0 Å². The molecular formula is C16H22FN3O2. The highest BCUT2D eigenvalue weighted by Gasteiger charge is 2.41. The van der Waals surface area contributed by atoms with Crippen LogP contribution in [0.3, 0.4) is 0 Å². The average Bonchev–Trinajstić information content (AvgIpc) is 2.82. The summed E-state index contributed by atoms with van der Waals surface area (Å²) >= 11 is 0. The molecule has 0 radical (unpaired) electrons. The number of likely N-dealkylation sites (tertiary alicyclic amines) is 2. The van der Waals surface area contributed by atoms with E-state index >= 15 is 0 Å². The predicted molar refractivity (Wildman–Crippen MR) is 82.2 cm³/mol. The molecule has 120 valence electrons. The van der Waals surface area contributed by atoms with E-state index in [0.717, 1.165) is 38.5 Å². The van der Waals surface area contributed by atoms with E-state index in [1.165, 1.54) is 25.0 Å². The van der Waals surface area contributed by atoms with Gasteiger partial charge in [-0.15, -0.1) is 0 Å². The summed E-state index contributed by atoms with van der Waals surface area (Å²) in [7, 11) is 2.19. The highest BCUT2D eigenvalue weighted by atomic mass is 19.1. The number of piperidine rings is 1. The molecule has 2 saturated heterocycles. The van der Waals surface area contributed by atoms with Gasteiger partial charge in [0.2, 0.25) is 0 Å². The molecule has 2 aliphatic rings. The first kappa shape index (κ1) is 15.4. The third-order valence-corrected chi connectivity index (χ3v) is 5.36. The zero-order valence-corrected chi connectivity index (χ0v) is 12.9. The quantitative estimate of drug-likeness (QED) is 0.636. The zero-order chi connectivity index (χ0) is 15.7. The highest BCUT2D eigenvalue weighted by molar-refractivity contribution is 5.40. The Morgan fingerprint density at radius 1 is 1.27 bits per heavy atom. The van der Waals surface area contributed by atoms with Crippen molar-refractivity contribution in [1.29, 1.82) is 0 Å². The number of hydrogen-bond acceptors (Lipinski definition) is 4. The Morgan fingerprint density at radius 2 is 2.00 bits per heavy atom. The van der Waals surface area contributed by atoms with Gasteiger partial charge in [-0.25, -0.2) is 4.39 Å². The molecule has 0 aliphatic carbocycles. The summed E-state index contributed by atoms with van der Waals surface area (Å²) in [6.45, 7) is 3.44. The summed E-state index contributed by atoms with van der Waals surface area (Å²) in [5.74, 6) is -0.412. The summed E-state index contributed by atoms with van der Waals surface area (Å²) in [6, 6.07) is 3.71. The second-order valence-electron chi connectivity index (χ2n) is 6.56. The fourth-order valence-corrected chi connectivity index (χ4v) is 3.93. The molecule has 0 saturated carbocycles. The lowest BCUT2D eigenvalue weighted by molar-refractivity contribution is -0.385. The first-order chi connectivity index (χ1) is 10.5. The molecule has 6 heteroatoms. The van der Waals surface area contributed by atoms with E-state index in [0.29, 0.717) is 17.6 Å². The van der Waals surface area contributed by atoms with Crippen LogP contribution in [0.5, 0.6) is 0 Å². The molecule has 2 heterocycles. The summed E-state index contributed by atoms with van der Waals surface area (Å²) in [6.07, 6.45) is 4.68. The van der Waals surface area contributed by atoms with Crippen molar-refractivity contribution in [2.75, 3.05) is 26.7 Å². The topological polar surface area (TPSA) is 49.6 Å². The Hall–Kier alpha value is -1.53. The van der Waals surface area contributed by atoms with Crippen LogP contribution in [0.1, 0.15) is 31.2 Å². The molecule has 0 aromatic heterocycles. The van der Waals surface area contributed by atoms with E-state index in [9.17, 15) is 14.5 Å². The Balaban J connectivity index is 1.68. The average molecular weight is 307 g/mol. The van der Waals surface area contributed by atoms with E-state index in [2.05, 4.69) is 16.8 Å². The first-order valence-corrected chi connectivity index (χ1v) is 7.87. The summed E-state index contributed by atoms with van der Waals surface area (Å²) in [4.78, 5) is 15.3. The summed E-state index contributed by atoms with van der Waals surface area (Å²) in [5, 5.41) is 11.1. The van der Waals surface area contributed by atoms with Crippen LogP contribution in [0.2, 0.25) is 0 Å². The van der Waals surface area contributed by atoms with Crippen molar-refractivity contribution >= 4 is 5.69 Å². The minimum atomic E-state index is -0.426. The lowest BCUT2D eigenvalue weighted by atomic mass is 9.85. The predicted octanol–water partition coefficient (Wildman–Crippen LogP) is 2.79. The van der Waals surface area contributed by atoms with Gasteiger partial charge in [0.05, 0.1) is 4.92 Å².